The Bertz CT molecular complexity index is 843. The summed E-state index contributed by atoms with van der Waals surface area (Å²) in [5.74, 6) is 0.802. The first kappa shape index (κ1) is 17.1. The van der Waals surface area contributed by atoms with Gasteiger partial charge in [-0.25, -0.2) is 0 Å². The van der Waals surface area contributed by atoms with Gasteiger partial charge in [-0.15, -0.1) is 0 Å². The van der Waals surface area contributed by atoms with E-state index in [-0.39, 0.29) is 23.7 Å². The number of benzene rings is 2. The standard InChI is InChI=1S/C21H22O4/c1-12(2)4-9-16-17(23)10-13(3)20-18(24)11-19(25-21(16)20)14-5-7-15(22)8-6-14/h4-8,10,19,22-23H,9,11H2,1-3H3/t19-/m0/s1. The van der Waals surface area contributed by atoms with E-state index in [0.29, 0.717) is 23.3 Å². The highest BCUT2D eigenvalue weighted by Gasteiger charge is 2.32. The summed E-state index contributed by atoms with van der Waals surface area (Å²) in [4.78, 5) is 12.7. The molecule has 0 fully saturated rings. The second-order valence-electron chi connectivity index (χ2n) is 6.71. The summed E-state index contributed by atoms with van der Waals surface area (Å²) in [6, 6.07) is 8.30. The van der Waals surface area contributed by atoms with E-state index in [9.17, 15) is 15.0 Å². The third-order valence-corrected chi connectivity index (χ3v) is 4.45. The highest BCUT2D eigenvalue weighted by molar-refractivity contribution is 6.02. The van der Waals surface area contributed by atoms with E-state index in [1.165, 1.54) is 0 Å². The average Bonchev–Trinajstić information content (AvgIpc) is 2.54. The fraction of sp³-hybridized carbons (Fsp3) is 0.286. The SMILES string of the molecule is CC(C)=CCc1c(O)cc(C)c2c1O[C@H](c1ccc(O)cc1)CC2=O. The molecule has 0 bridgehead atoms. The number of aromatic hydroxyl groups is 2. The predicted molar refractivity (Wildman–Crippen MR) is 96.4 cm³/mol. The van der Waals surface area contributed by atoms with E-state index < -0.39 is 6.10 Å². The molecule has 3 rings (SSSR count). The second kappa shape index (κ2) is 6.63. The Morgan fingerprint density at radius 2 is 1.92 bits per heavy atom. The van der Waals surface area contributed by atoms with Gasteiger partial charge in [0.25, 0.3) is 0 Å². The molecule has 2 N–H and O–H groups in total. The largest absolute Gasteiger partial charge is 0.508 e. The van der Waals surface area contributed by atoms with Crippen molar-refractivity contribution < 1.29 is 19.7 Å². The van der Waals surface area contributed by atoms with Crippen LogP contribution in [0.25, 0.3) is 0 Å². The lowest BCUT2D eigenvalue weighted by Gasteiger charge is -2.29. The summed E-state index contributed by atoms with van der Waals surface area (Å²) in [5, 5.41) is 19.8. The molecule has 0 amide bonds. The predicted octanol–water partition coefficient (Wildman–Crippen LogP) is 4.62. The Kier molecular flexibility index (Phi) is 4.53. The number of aryl methyl sites for hydroxylation is 1. The van der Waals surface area contributed by atoms with Gasteiger partial charge in [-0.3, -0.25) is 4.79 Å². The molecule has 2 aromatic carbocycles. The van der Waals surface area contributed by atoms with Crippen LogP contribution in [0.3, 0.4) is 0 Å². The minimum Gasteiger partial charge on any atom is -0.508 e. The van der Waals surface area contributed by atoms with Crippen LogP contribution in [0.5, 0.6) is 17.2 Å². The Balaban J connectivity index is 2.07. The maximum Gasteiger partial charge on any atom is 0.170 e. The molecule has 130 valence electrons. The molecule has 25 heavy (non-hydrogen) atoms. The lowest BCUT2D eigenvalue weighted by molar-refractivity contribution is 0.0846. The molecule has 0 aliphatic carbocycles. The molecule has 0 radical (unpaired) electrons. The highest BCUT2D eigenvalue weighted by Crippen LogP contribution is 2.43. The number of phenols is 2. The third-order valence-electron chi connectivity index (χ3n) is 4.45. The molecular weight excluding hydrogens is 316 g/mol. The van der Waals surface area contributed by atoms with Gasteiger partial charge in [0.2, 0.25) is 0 Å². The lowest BCUT2D eigenvalue weighted by atomic mass is 9.90. The summed E-state index contributed by atoms with van der Waals surface area (Å²) >= 11 is 0. The third kappa shape index (κ3) is 3.38. The zero-order valence-corrected chi connectivity index (χ0v) is 14.7. The fourth-order valence-electron chi connectivity index (χ4n) is 3.12. The topological polar surface area (TPSA) is 66.8 Å². The van der Waals surface area contributed by atoms with Crippen molar-refractivity contribution in [2.45, 2.75) is 39.7 Å². The zero-order valence-electron chi connectivity index (χ0n) is 14.7. The van der Waals surface area contributed by atoms with Gasteiger partial charge in [0.15, 0.2) is 5.78 Å². The van der Waals surface area contributed by atoms with Crippen LogP contribution in [0.4, 0.5) is 0 Å². The number of carbonyl (C=O) groups excluding carboxylic acids is 1. The zero-order chi connectivity index (χ0) is 18.1. The van der Waals surface area contributed by atoms with E-state index in [1.807, 2.05) is 26.8 Å². The fourth-order valence-corrected chi connectivity index (χ4v) is 3.12. The molecular formula is C21H22O4. The van der Waals surface area contributed by atoms with Crippen molar-refractivity contribution in [3.8, 4) is 17.2 Å². The van der Waals surface area contributed by atoms with Crippen molar-refractivity contribution >= 4 is 5.78 Å². The van der Waals surface area contributed by atoms with E-state index in [2.05, 4.69) is 0 Å². The van der Waals surface area contributed by atoms with Crippen molar-refractivity contribution in [2.75, 3.05) is 0 Å². The van der Waals surface area contributed by atoms with E-state index >= 15 is 0 Å². The molecule has 4 heteroatoms. The highest BCUT2D eigenvalue weighted by atomic mass is 16.5. The van der Waals surface area contributed by atoms with Gasteiger partial charge >= 0.3 is 0 Å². The second-order valence-corrected chi connectivity index (χ2v) is 6.71. The van der Waals surface area contributed by atoms with Gasteiger partial charge in [0, 0.05) is 5.56 Å². The molecule has 1 aliphatic rings. The Morgan fingerprint density at radius 1 is 1.24 bits per heavy atom. The summed E-state index contributed by atoms with van der Waals surface area (Å²) in [5.41, 5.74) is 3.88. The quantitative estimate of drug-likeness (QED) is 0.801. The minimum atomic E-state index is -0.424. The summed E-state index contributed by atoms with van der Waals surface area (Å²) < 4.78 is 6.16. The maximum atomic E-state index is 12.7. The number of ketones is 1. The molecule has 4 nitrogen and oxygen atoms in total. The first-order valence-corrected chi connectivity index (χ1v) is 8.34. The molecule has 1 aliphatic heterocycles. The number of carbonyl (C=O) groups is 1. The minimum absolute atomic E-state index is 0.00951. The van der Waals surface area contributed by atoms with Crippen LogP contribution >= 0.6 is 0 Å². The smallest absolute Gasteiger partial charge is 0.170 e. The van der Waals surface area contributed by atoms with Gasteiger partial charge in [0.05, 0.1) is 12.0 Å². The van der Waals surface area contributed by atoms with Crippen molar-refractivity contribution in [2.24, 2.45) is 0 Å². The monoisotopic (exact) mass is 338 g/mol. The van der Waals surface area contributed by atoms with Crippen LogP contribution in [-0.2, 0) is 6.42 Å². The summed E-state index contributed by atoms with van der Waals surface area (Å²) in [6.45, 7) is 5.79. The van der Waals surface area contributed by atoms with Crippen LogP contribution in [0, 0.1) is 6.92 Å². The van der Waals surface area contributed by atoms with Gasteiger partial charge in [0.1, 0.15) is 23.4 Å². The summed E-state index contributed by atoms with van der Waals surface area (Å²) in [7, 11) is 0. The van der Waals surface area contributed by atoms with Gasteiger partial charge in [-0.05, 0) is 56.5 Å². The number of Topliss-reactive ketones (excluding diaryl/α,β-unsaturated/α-hetero) is 1. The molecule has 0 saturated carbocycles. The van der Waals surface area contributed by atoms with Gasteiger partial charge in [-0.1, -0.05) is 23.8 Å². The number of hydrogen-bond acceptors (Lipinski definition) is 4. The first-order chi connectivity index (χ1) is 11.9. The number of ether oxygens (including phenoxy) is 1. The van der Waals surface area contributed by atoms with E-state index in [4.69, 9.17) is 4.74 Å². The number of allylic oxidation sites excluding steroid dienone is 2. The van der Waals surface area contributed by atoms with E-state index in [0.717, 1.165) is 16.7 Å². The molecule has 2 aromatic rings. The van der Waals surface area contributed by atoms with Crippen LogP contribution < -0.4 is 4.74 Å². The van der Waals surface area contributed by atoms with E-state index in [1.54, 1.807) is 30.3 Å². The van der Waals surface area contributed by atoms with Crippen LogP contribution in [0.15, 0.2) is 42.0 Å². The van der Waals surface area contributed by atoms with Gasteiger partial charge in [-0.2, -0.15) is 0 Å². The molecule has 0 spiro atoms. The number of rotatable bonds is 3. The number of hydrogen-bond donors (Lipinski definition) is 2. The Labute approximate surface area is 147 Å². The maximum absolute atomic E-state index is 12.7. The van der Waals surface area contributed by atoms with Crippen molar-refractivity contribution in [3.63, 3.8) is 0 Å². The van der Waals surface area contributed by atoms with Crippen molar-refractivity contribution in [3.05, 3.63) is 64.2 Å². The molecule has 0 unspecified atom stereocenters. The Hall–Kier alpha value is -2.75. The van der Waals surface area contributed by atoms with Gasteiger partial charge < -0.3 is 14.9 Å². The Morgan fingerprint density at radius 3 is 2.56 bits per heavy atom. The number of phenolic OH excluding ortho intramolecular Hbond substituents is 2. The van der Waals surface area contributed by atoms with Crippen molar-refractivity contribution in [1.82, 2.24) is 0 Å². The van der Waals surface area contributed by atoms with Crippen LogP contribution in [-0.4, -0.2) is 16.0 Å². The molecule has 1 heterocycles. The van der Waals surface area contributed by atoms with Crippen LogP contribution in [0.2, 0.25) is 0 Å². The molecule has 0 saturated heterocycles. The van der Waals surface area contributed by atoms with Crippen LogP contribution in [0.1, 0.15) is 53.4 Å². The van der Waals surface area contributed by atoms with Crippen molar-refractivity contribution in [1.29, 1.82) is 0 Å². The molecule has 1 atom stereocenters. The number of fused-ring (bicyclic) bond motifs is 1. The normalized spacial score (nSPS) is 16.1. The average molecular weight is 338 g/mol. The first-order valence-electron chi connectivity index (χ1n) is 8.34. The lowest BCUT2D eigenvalue weighted by Crippen LogP contribution is -2.22. The summed E-state index contributed by atoms with van der Waals surface area (Å²) in [6.07, 6.45) is 2.33. The molecule has 0 aromatic heterocycles.